The molecule has 14 rings (SSSR count). The number of pyridine rings is 4. The molecule has 2 aliphatic heterocycles. The van der Waals surface area contributed by atoms with Crippen molar-refractivity contribution in [3.05, 3.63) is 242 Å². The predicted molar refractivity (Wildman–Crippen MR) is 303 cm³/mol. The third kappa shape index (κ3) is 8.03. The third-order valence-electron chi connectivity index (χ3n) is 14.1. The van der Waals surface area contributed by atoms with Gasteiger partial charge in [0.2, 0.25) is 0 Å². The molecule has 0 saturated heterocycles. The van der Waals surface area contributed by atoms with Gasteiger partial charge in [-0.05, 0) is 127 Å². The second-order valence-electron chi connectivity index (χ2n) is 18.7. The molecule has 12 aromatic rings. The van der Waals surface area contributed by atoms with E-state index >= 15 is 0 Å². The fourth-order valence-corrected chi connectivity index (χ4v) is 10.5. The van der Waals surface area contributed by atoms with E-state index in [0.29, 0.717) is 33.6 Å². The number of carbonyl (C=O) groups excluding carboxylic acids is 4. The minimum Gasteiger partial charge on any atom is -0.308 e. The molecule has 6 aromatic carbocycles. The van der Waals surface area contributed by atoms with Crippen LogP contribution in [-0.4, -0.2) is 76.6 Å². The van der Waals surface area contributed by atoms with Gasteiger partial charge in [-0.1, -0.05) is 66.7 Å². The summed E-state index contributed by atoms with van der Waals surface area (Å²) in [6.45, 7) is 5.25. The molecule has 2 aliphatic rings. The van der Waals surface area contributed by atoms with Crippen molar-refractivity contribution >= 4 is 67.2 Å². The van der Waals surface area contributed by atoms with Gasteiger partial charge in [-0.25, -0.2) is 0 Å². The molecule has 0 aliphatic carbocycles. The number of allylic oxidation sites excluding steroid dienone is 1. The Morgan fingerprint density at radius 3 is 1.12 bits per heavy atom. The zero-order chi connectivity index (χ0) is 52.9. The quantitative estimate of drug-likeness (QED) is 0.119. The molecule has 0 unspecified atom stereocenters. The molecule has 4 amide bonds. The van der Waals surface area contributed by atoms with E-state index in [4.69, 9.17) is 0 Å². The van der Waals surface area contributed by atoms with E-state index in [1.54, 1.807) is 43.0 Å². The van der Waals surface area contributed by atoms with Gasteiger partial charge in [0.25, 0.3) is 23.6 Å². The van der Waals surface area contributed by atoms with Crippen molar-refractivity contribution in [3.8, 4) is 56.1 Å². The Morgan fingerprint density at radius 1 is 0.390 bits per heavy atom. The van der Waals surface area contributed by atoms with Crippen LogP contribution in [0.25, 0.3) is 99.8 Å². The SMILES string of the molecule is C=CC.CN1C(=O)c2cccc(-n3c4ccc(-c5ccccn5)cc4c4cc(-c5ccccn5)ccc43)c2C1=O.CN1C(=O)c2cccc(-n3c4ccc(-c5cccnc5)cc4c4cc(-c5cccnc5)ccc43)c2C1=O. The second-order valence-corrected chi connectivity index (χ2v) is 18.7. The van der Waals surface area contributed by atoms with Crippen molar-refractivity contribution in [3.63, 3.8) is 0 Å². The Bertz CT molecular complexity index is 3890. The highest BCUT2D eigenvalue weighted by Gasteiger charge is 2.37. The molecule has 12 heteroatoms. The van der Waals surface area contributed by atoms with Gasteiger partial charge in [-0.3, -0.25) is 48.9 Å². The topological polar surface area (TPSA) is 136 Å². The summed E-state index contributed by atoms with van der Waals surface area (Å²) in [5.41, 5.74) is 14.8. The number of fused-ring (bicyclic) bond motifs is 8. The van der Waals surface area contributed by atoms with Gasteiger partial charge in [0.1, 0.15) is 0 Å². The van der Waals surface area contributed by atoms with E-state index in [-0.39, 0.29) is 23.6 Å². The summed E-state index contributed by atoms with van der Waals surface area (Å²) in [5, 5.41) is 4.15. The monoisotopic (exact) mass is 1000 g/mol. The lowest BCUT2D eigenvalue weighted by molar-refractivity contribution is 0.0678. The van der Waals surface area contributed by atoms with Gasteiger partial charge in [0.05, 0.1) is 67.1 Å². The first-order valence-corrected chi connectivity index (χ1v) is 24.9. The molecule has 8 heterocycles. The maximum Gasteiger partial charge on any atom is 0.263 e. The highest BCUT2D eigenvalue weighted by molar-refractivity contribution is 6.25. The van der Waals surface area contributed by atoms with Crippen LogP contribution in [0.15, 0.2) is 220 Å². The molecule has 0 atom stereocenters. The van der Waals surface area contributed by atoms with Crippen molar-refractivity contribution in [1.82, 2.24) is 38.9 Å². The molecule has 0 saturated carbocycles. The number of aromatic nitrogens is 6. The number of carbonyl (C=O) groups is 4. The van der Waals surface area contributed by atoms with Crippen LogP contribution in [0.3, 0.4) is 0 Å². The smallest absolute Gasteiger partial charge is 0.263 e. The zero-order valence-electron chi connectivity index (χ0n) is 42.1. The van der Waals surface area contributed by atoms with Crippen LogP contribution in [0, 0.1) is 0 Å². The average molecular weight is 1000 g/mol. The summed E-state index contributed by atoms with van der Waals surface area (Å²) in [6, 6.07) is 55.7. The van der Waals surface area contributed by atoms with Crippen molar-refractivity contribution in [2.75, 3.05) is 14.1 Å². The number of rotatable bonds is 6. The maximum absolute atomic E-state index is 13.2. The number of imide groups is 2. The second kappa shape index (κ2) is 19.4. The van der Waals surface area contributed by atoms with Gasteiger partial charge in [-0.15, -0.1) is 6.58 Å². The average Bonchev–Trinajstić information content (AvgIpc) is 4.14. The van der Waals surface area contributed by atoms with E-state index in [2.05, 4.69) is 96.3 Å². The summed E-state index contributed by atoms with van der Waals surface area (Å²) in [7, 11) is 3.05. The summed E-state index contributed by atoms with van der Waals surface area (Å²) in [6.07, 6.45) is 12.6. The normalized spacial score (nSPS) is 12.7. The van der Waals surface area contributed by atoms with Gasteiger partial charge in [0.15, 0.2) is 0 Å². The Morgan fingerprint density at radius 2 is 0.766 bits per heavy atom. The van der Waals surface area contributed by atoms with Crippen LogP contribution in [0.4, 0.5) is 0 Å². The fourth-order valence-electron chi connectivity index (χ4n) is 10.5. The first kappa shape index (κ1) is 47.5. The minimum atomic E-state index is -0.291. The molecule has 0 N–H and O–H groups in total. The standard InChI is InChI=1S/2C31H20N4O2.C3H6/c1-34-30(36)23-7-2-8-28(29(23)31(34)37)35-26-11-9-19(21-5-3-13-32-17-21)15-24(26)25-16-20(10-12-27(25)35)22-6-4-14-33-18-22;1-34-30(36)21-7-6-10-28(29(21)31(34)37)35-26-13-11-19(24-8-2-4-15-32-24)17-22(26)23-18-20(12-14-27(23)35)25-9-3-5-16-33-25;1-3-2/h2*2-18H,1H3;3H,1H2,2H3. The molecule has 370 valence electrons. The van der Waals surface area contributed by atoms with Gasteiger partial charge in [-0.2, -0.15) is 0 Å². The fraction of sp³-hybridized carbons (Fsp3) is 0.0462. The van der Waals surface area contributed by atoms with Crippen molar-refractivity contribution in [1.29, 1.82) is 0 Å². The molecule has 0 radical (unpaired) electrons. The van der Waals surface area contributed by atoms with Crippen molar-refractivity contribution in [2.45, 2.75) is 6.92 Å². The Hall–Kier alpha value is -10.5. The molecule has 0 spiro atoms. The number of hydrogen-bond donors (Lipinski definition) is 0. The maximum atomic E-state index is 13.2. The number of amides is 4. The molecule has 0 bridgehead atoms. The Labute approximate surface area is 442 Å². The molecule has 12 nitrogen and oxygen atoms in total. The Kier molecular flexibility index (Phi) is 12.0. The predicted octanol–water partition coefficient (Wildman–Crippen LogP) is 13.5. The number of nitrogens with zero attached hydrogens (tertiary/aromatic N) is 8. The third-order valence-corrected chi connectivity index (χ3v) is 14.1. The van der Waals surface area contributed by atoms with Gasteiger partial charge < -0.3 is 9.13 Å². The van der Waals surface area contributed by atoms with Gasteiger partial charge in [0, 0.05) is 95.1 Å². The molecule has 0 fully saturated rings. The lowest BCUT2D eigenvalue weighted by Crippen LogP contribution is -2.24. The first-order valence-electron chi connectivity index (χ1n) is 24.9. The zero-order valence-corrected chi connectivity index (χ0v) is 42.1. The lowest BCUT2D eigenvalue weighted by Gasteiger charge is -2.12. The van der Waals surface area contributed by atoms with E-state index in [1.807, 2.05) is 116 Å². The number of benzene rings is 6. The van der Waals surface area contributed by atoms with Crippen molar-refractivity contribution in [2.24, 2.45) is 0 Å². The number of hydrogen-bond acceptors (Lipinski definition) is 8. The van der Waals surface area contributed by atoms with Crippen LogP contribution in [-0.2, 0) is 0 Å². The van der Waals surface area contributed by atoms with E-state index in [9.17, 15) is 19.2 Å². The highest BCUT2D eigenvalue weighted by atomic mass is 16.2. The summed E-state index contributed by atoms with van der Waals surface area (Å²) >= 11 is 0. The summed E-state index contributed by atoms with van der Waals surface area (Å²) in [5.74, 6) is -1.14. The molecular formula is C65H46N8O4. The van der Waals surface area contributed by atoms with Crippen LogP contribution < -0.4 is 0 Å². The van der Waals surface area contributed by atoms with Crippen LogP contribution in [0.2, 0.25) is 0 Å². The van der Waals surface area contributed by atoms with E-state index in [1.165, 1.54) is 23.9 Å². The summed E-state index contributed by atoms with van der Waals surface area (Å²) < 4.78 is 4.17. The van der Waals surface area contributed by atoms with Crippen LogP contribution >= 0.6 is 0 Å². The van der Waals surface area contributed by atoms with E-state index < -0.39 is 0 Å². The largest absolute Gasteiger partial charge is 0.308 e. The molecule has 77 heavy (non-hydrogen) atoms. The molecular weight excluding hydrogens is 957 g/mol. The summed E-state index contributed by atoms with van der Waals surface area (Å²) in [4.78, 5) is 71.8. The Balaban J connectivity index is 0.000000147. The minimum absolute atomic E-state index is 0.277. The molecule has 6 aromatic heterocycles. The highest BCUT2D eigenvalue weighted by Crippen LogP contribution is 2.41. The van der Waals surface area contributed by atoms with Crippen LogP contribution in [0.1, 0.15) is 48.4 Å². The van der Waals surface area contributed by atoms with E-state index in [0.717, 1.165) is 88.4 Å². The lowest BCUT2D eigenvalue weighted by atomic mass is 10.0. The van der Waals surface area contributed by atoms with Crippen molar-refractivity contribution < 1.29 is 19.2 Å². The van der Waals surface area contributed by atoms with Crippen LogP contribution in [0.5, 0.6) is 0 Å². The first-order chi connectivity index (χ1) is 37.6. The van der Waals surface area contributed by atoms with Gasteiger partial charge >= 0.3 is 0 Å².